The lowest BCUT2D eigenvalue weighted by Crippen LogP contribution is -2.61. The molecule has 2 nitrogen and oxygen atoms in total. The second kappa shape index (κ2) is 4.24. The van der Waals surface area contributed by atoms with Gasteiger partial charge < -0.3 is 5.11 Å². The molecule has 1 aliphatic heterocycles. The first kappa shape index (κ1) is 10.0. The maximum atomic E-state index is 9.84. The first-order valence-electron chi connectivity index (χ1n) is 5.15. The summed E-state index contributed by atoms with van der Waals surface area (Å²) >= 11 is 0. The van der Waals surface area contributed by atoms with Crippen LogP contribution in [0.4, 0.5) is 0 Å². The van der Waals surface area contributed by atoms with Gasteiger partial charge in [-0.1, -0.05) is 26.7 Å². The van der Waals surface area contributed by atoms with Crippen LogP contribution < -0.4 is 0 Å². The lowest BCUT2D eigenvalue weighted by Gasteiger charge is -2.46. The Balaban J connectivity index is 2.09. The number of likely N-dealkylation sites (tertiary alicyclic amines) is 1. The van der Waals surface area contributed by atoms with E-state index in [4.69, 9.17) is 0 Å². The summed E-state index contributed by atoms with van der Waals surface area (Å²) in [5.41, 5.74) is -0.331. The van der Waals surface area contributed by atoms with E-state index in [1.807, 2.05) is 0 Å². The lowest BCUT2D eigenvalue weighted by atomic mass is 9.89. The average molecular weight is 171 g/mol. The molecule has 0 aromatic carbocycles. The Bertz CT molecular complexity index is 130. The van der Waals surface area contributed by atoms with Crippen molar-refractivity contribution in [1.29, 1.82) is 0 Å². The van der Waals surface area contributed by atoms with Crippen LogP contribution in [0.1, 0.15) is 39.5 Å². The topological polar surface area (TPSA) is 23.5 Å². The molecule has 1 heterocycles. The van der Waals surface area contributed by atoms with Gasteiger partial charge in [-0.15, -0.1) is 0 Å². The molecular weight excluding hydrogens is 150 g/mol. The predicted molar refractivity (Wildman–Crippen MR) is 51.2 cm³/mol. The Morgan fingerprint density at radius 1 is 1.25 bits per heavy atom. The predicted octanol–water partition coefficient (Wildman–Crippen LogP) is 1.63. The van der Waals surface area contributed by atoms with Gasteiger partial charge in [-0.2, -0.15) is 0 Å². The molecule has 0 radical (unpaired) electrons. The van der Waals surface area contributed by atoms with Gasteiger partial charge in [0.05, 0.1) is 5.60 Å². The van der Waals surface area contributed by atoms with Crippen LogP contribution in [0.2, 0.25) is 0 Å². The molecule has 0 unspecified atom stereocenters. The van der Waals surface area contributed by atoms with Crippen LogP contribution in [0.5, 0.6) is 0 Å². The Morgan fingerprint density at radius 3 is 2.42 bits per heavy atom. The fraction of sp³-hybridized carbons (Fsp3) is 1.00. The van der Waals surface area contributed by atoms with Crippen molar-refractivity contribution in [3.05, 3.63) is 0 Å². The second-order valence-electron chi connectivity index (χ2n) is 4.04. The zero-order valence-electron chi connectivity index (χ0n) is 8.34. The van der Waals surface area contributed by atoms with Gasteiger partial charge in [0.25, 0.3) is 0 Å². The third-order valence-electron chi connectivity index (χ3n) is 2.58. The quantitative estimate of drug-likeness (QED) is 0.679. The van der Waals surface area contributed by atoms with Crippen LogP contribution in [0.3, 0.4) is 0 Å². The number of aliphatic hydroxyl groups is 1. The molecule has 0 aliphatic carbocycles. The van der Waals surface area contributed by atoms with E-state index in [-0.39, 0.29) is 5.60 Å². The standard InChI is InChI=1S/C10H21NO/c1-3-5-7-11-8-10(12,9-11)6-4-2/h12H,3-9H2,1-2H3. The van der Waals surface area contributed by atoms with Crippen LogP contribution in [0.25, 0.3) is 0 Å². The molecule has 2 heteroatoms. The molecular formula is C10H21NO. The summed E-state index contributed by atoms with van der Waals surface area (Å²) in [6.07, 6.45) is 4.58. The average Bonchev–Trinajstić information content (AvgIpc) is 1.97. The lowest BCUT2D eigenvalue weighted by molar-refractivity contribution is -0.103. The first-order valence-corrected chi connectivity index (χ1v) is 5.15. The molecule has 0 spiro atoms. The van der Waals surface area contributed by atoms with E-state index < -0.39 is 0 Å². The highest BCUT2D eigenvalue weighted by molar-refractivity contribution is 4.94. The van der Waals surface area contributed by atoms with E-state index >= 15 is 0 Å². The van der Waals surface area contributed by atoms with Crippen molar-refractivity contribution in [3.63, 3.8) is 0 Å². The van der Waals surface area contributed by atoms with Crippen molar-refractivity contribution in [2.75, 3.05) is 19.6 Å². The van der Waals surface area contributed by atoms with Crippen molar-refractivity contribution < 1.29 is 5.11 Å². The van der Waals surface area contributed by atoms with E-state index in [1.165, 1.54) is 19.4 Å². The molecule has 0 aromatic rings. The Labute approximate surface area is 75.6 Å². The van der Waals surface area contributed by atoms with Gasteiger partial charge >= 0.3 is 0 Å². The Kier molecular flexibility index (Phi) is 3.53. The molecule has 0 atom stereocenters. The Morgan fingerprint density at radius 2 is 1.92 bits per heavy atom. The summed E-state index contributed by atoms with van der Waals surface area (Å²) < 4.78 is 0. The summed E-state index contributed by atoms with van der Waals surface area (Å²) in [7, 11) is 0. The van der Waals surface area contributed by atoms with Gasteiger partial charge in [0, 0.05) is 13.1 Å². The number of hydrogen-bond donors (Lipinski definition) is 1. The molecule has 72 valence electrons. The SMILES string of the molecule is CCCCN1CC(O)(CCC)C1. The summed E-state index contributed by atoms with van der Waals surface area (Å²) in [6, 6.07) is 0. The highest BCUT2D eigenvalue weighted by Gasteiger charge is 2.39. The minimum atomic E-state index is -0.331. The van der Waals surface area contributed by atoms with Crippen molar-refractivity contribution in [2.24, 2.45) is 0 Å². The molecule has 1 aliphatic rings. The number of nitrogens with zero attached hydrogens (tertiary/aromatic N) is 1. The molecule has 0 bridgehead atoms. The number of rotatable bonds is 5. The van der Waals surface area contributed by atoms with Gasteiger partial charge in [-0.3, -0.25) is 4.90 Å². The monoisotopic (exact) mass is 171 g/mol. The van der Waals surface area contributed by atoms with E-state index in [1.54, 1.807) is 0 Å². The zero-order chi connectivity index (χ0) is 9.03. The highest BCUT2D eigenvalue weighted by Crippen LogP contribution is 2.25. The van der Waals surface area contributed by atoms with E-state index in [0.29, 0.717) is 0 Å². The largest absolute Gasteiger partial charge is 0.387 e. The van der Waals surface area contributed by atoms with Gasteiger partial charge in [-0.25, -0.2) is 0 Å². The molecule has 0 saturated carbocycles. The summed E-state index contributed by atoms with van der Waals surface area (Å²) in [5, 5.41) is 9.84. The second-order valence-corrected chi connectivity index (χ2v) is 4.04. The summed E-state index contributed by atoms with van der Waals surface area (Å²) in [5.74, 6) is 0. The van der Waals surface area contributed by atoms with Gasteiger partial charge in [-0.05, 0) is 19.4 Å². The number of hydrogen-bond acceptors (Lipinski definition) is 2. The fourth-order valence-corrected chi connectivity index (χ4v) is 1.95. The van der Waals surface area contributed by atoms with Crippen molar-refractivity contribution >= 4 is 0 Å². The Hall–Kier alpha value is -0.0800. The van der Waals surface area contributed by atoms with E-state index in [0.717, 1.165) is 25.9 Å². The molecule has 1 saturated heterocycles. The van der Waals surface area contributed by atoms with E-state index in [2.05, 4.69) is 18.7 Å². The minimum Gasteiger partial charge on any atom is -0.387 e. The smallest absolute Gasteiger partial charge is 0.0900 e. The molecule has 1 fully saturated rings. The van der Waals surface area contributed by atoms with Crippen molar-refractivity contribution in [1.82, 2.24) is 4.90 Å². The molecule has 1 N–H and O–H groups in total. The number of unbranched alkanes of at least 4 members (excludes halogenated alkanes) is 1. The van der Waals surface area contributed by atoms with Crippen LogP contribution in [-0.4, -0.2) is 35.2 Å². The van der Waals surface area contributed by atoms with E-state index in [9.17, 15) is 5.11 Å². The first-order chi connectivity index (χ1) is 5.70. The van der Waals surface area contributed by atoms with Crippen LogP contribution in [0, 0.1) is 0 Å². The molecule has 0 aromatic heterocycles. The summed E-state index contributed by atoms with van der Waals surface area (Å²) in [6.45, 7) is 7.31. The number of β-amino-alcohol motifs (C(OH)–C–C–N with tert-alkyl or cyclic N) is 1. The maximum absolute atomic E-state index is 9.84. The molecule has 12 heavy (non-hydrogen) atoms. The van der Waals surface area contributed by atoms with Gasteiger partial charge in [0.15, 0.2) is 0 Å². The van der Waals surface area contributed by atoms with Crippen LogP contribution in [0.15, 0.2) is 0 Å². The molecule has 0 amide bonds. The molecule has 1 rings (SSSR count). The minimum absolute atomic E-state index is 0.331. The maximum Gasteiger partial charge on any atom is 0.0900 e. The summed E-state index contributed by atoms with van der Waals surface area (Å²) in [4.78, 5) is 2.35. The zero-order valence-corrected chi connectivity index (χ0v) is 8.34. The van der Waals surface area contributed by atoms with Crippen molar-refractivity contribution in [3.8, 4) is 0 Å². The van der Waals surface area contributed by atoms with Gasteiger partial charge in [0.2, 0.25) is 0 Å². The van der Waals surface area contributed by atoms with Gasteiger partial charge in [0.1, 0.15) is 0 Å². The van der Waals surface area contributed by atoms with Crippen LogP contribution in [-0.2, 0) is 0 Å². The van der Waals surface area contributed by atoms with Crippen LogP contribution >= 0.6 is 0 Å². The normalized spacial score (nSPS) is 22.2. The third-order valence-corrected chi connectivity index (χ3v) is 2.58. The highest BCUT2D eigenvalue weighted by atomic mass is 16.3. The fourth-order valence-electron chi connectivity index (χ4n) is 1.95. The van der Waals surface area contributed by atoms with Crippen molar-refractivity contribution in [2.45, 2.75) is 45.1 Å². The third kappa shape index (κ3) is 2.46.